The van der Waals surface area contributed by atoms with Crippen LogP contribution in [0.25, 0.3) is 0 Å². The number of carbonyl (C=O) groups excluding carboxylic acids is 2. The summed E-state index contributed by atoms with van der Waals surface area (Å²) in [5.74, 6) is 0.0746. The van der Waals surface area contributed by atoms with Gasteiger partial charge in [0.15, 0.2) is 5.69 Å². The summed E-state index contributed by atoms with van der Waals surface area (Å²) in [6.07, 6.45) is 4.10. The number of hydrogen-bond donors (Lipinski definition) is 0. The largest absolute Gasteiger partial charge is 0.364 e. The molecule has 4 rings (SSSR count). The van der Waals surface area contributed by atoms with E-state index in [1.807, 2.05) is 34.9 Å². The fourth-order valence-corrected chi connectivity index (χ4v) is 4.53. The van der Waals surface area contributed by atoms with Crippen molar-refractivity contribution in [3.8, 4) is 0 Å². The Balaban J connectivity index is 1.51. The lowest BCUT2D eigenvalue weighted by Gasteiger charge is -2.49. The van der Waals surface area contributed by atoms with Gasteiger partial charge in [0.25, 0.3) is 5.91 Å². The minimum Gasteiger partial charge on any atom is -0.364 e. The standard InChI is InChI=1S/C21H25N3O3/c1-2-23-15-21(14-17(19(23)25)16-6-4-3-5-7-16)9-11-24(12-10-21)20(26)18-8-13-27-22-18/h3-8,13,17H,2,9-12,14-15H2,1H3/t17-/m1/s1. The van der Waals surface area contributed by atoms with Crippen molar-refractivity contribution in [2.75, 3.05) is 26.2 Å². The van der Waals surface area contributed by atoms with Crippen LogP contribution in [0, 0.1) is 5.41 Å². The van der Waals surface area contributed by atoms with Gasteiger partial charge in [-0.1, -0.05) is 35.5 Å². The molecule has 1 aromatic carbocycles. The molecule has 0 bridgehead atoms. The van der Waals surface area contributed by atoms with Crippen LogP contribution in [-0.4, -0.2) is 52.9 Å². The maximum Gasteiger partial charge on any atom is 0.276 e. The number of hydrogen-bond acceptors (Lipinski definition) is 4. The van der Waals surface area contributed by atoms with E-state index in [0.29, 0.717) is 18.8 Å². The van der Waals surface area contributed by atoms with E-state index >= 15 is 0 Å². The molecule has 3 heterocycles. The number of carbonyl (C=O) groups is 2. The van der Waals surface area contributed by atoms with Gasteiger partial charge in [0.2, 0.25) is 5.91 Å². The Morgan fingerprint density at radius 3 is 2.59 bits per heavy atom. The van der Waals surface area contributed by atoms with E-state index < -0.39 is 0 Å². The molecule has 1 atom stereocenters. The lowest BCUT2D eigenvalue weighted by molar-refractivity contribution is -0.141. The highest BCUT2D eigenvalue weighted by Crippen LogP contribution is 2.45. The summed E-state index contributed by atoms with van der Waals surface area (Å²) in [6.45, 7) is 4.95. The molecule has 0 radical (unpaired) electrons. The van der Waals surface area contributed by atoms with E-state index in [4.69, 9.17) is 4.52 Å². The highest BCUT2D eigenvalue weighted by atomic mass is 16.5. The molecule has 2 amide bonds. The molecule has 2 fully saturated rings. The molecule has 27 heavy (non-hydrogen) atoms. The monoisotopic (exact) mass is 367 g/mol. The molecule has 2 saturated heterocycles. The summed E-state index contributed by atoms with van der Waals surface area (Å²) in [5, 5.41) is 3.76. The summed E-state index contributed by atoms with van der Waals surface area (Å²) >= 11 is 0. The first kappa shape index (κ1) is 17.8. The van der Waals surface area contributed by atoms with Gasteiger partial charge in [0.05, 0.1) is 5.92 Å². The highest BCUT2D eigenvalue weighted by Gasteiger charge is 2.46. The number of nitrogens with zero attached hydrogens (tertiary/aromatic N) is 3. The number of piperidine rings is 2. The quantitative estimate of drug-likeness (QED) is 0.837. The second kappa shape index (κ2) is 7.18. The van der Waals surface area contributed by atoms with Gasteiger partial charge >= 0.3 is 0 Å². The second-order valence-corrected chi connectivity index (χ2v) is 7.70. The molecular formula is C21H25N3O3. The molecule has 0 saturated carbocycles. The number of likely N-dealkylation sites (N-methyl/N-ethyl adjacent to an activating group) is 1. The van der Waals surface area contributed by atoms with Crippen molar-refractivity contribution in [1.82, 2.24) is 15.0 Å². The van der Waals surface area contributed by atoms with Crippen LogP contribution in [0.1, 0.15) is 48.2 Å². The lowest BCUT2D eigenvalue weighted by atomic mass is 9.67. The van der Waals surface area contributed by atoms with E-state index in [2.05, 4.69) is 17.3 Å². The average Bonchev–Trinajstić information content (AvgIpc) is 3.25. The van der Waals surface area contributed by atoms with Crippen molar-refractivity contribution >= 4 is 11.8 Å². The van der Waals surface area contributed by atoms with E-state index in [-0.39, 0.29) is 23.1 Å². The van der Waals surface area contributed by atoms with Crippen LogP contribution in [0.2, 0.25) is 0 Å². The second-order valence-electron chi connectivity index (χ2n) is 7.70. The average molecular weight is 367 g/mol. The fourth-order valence-electron chi connectivity index (χ4n) is 4.53. The van der Waals surface area contributed by atoms with Crippen LogP contribution in [-0.2, 0) is 4.79 Å². The van der Waals surface area contributed by atoms with Gasteiger partial charge in [-0.05, 0) is 37.2 Å². The van der Waals surface area contributed by atoms with Gasteiger partial charge in [-0.3, -0.25) is 9.59 Å². The zero-order valence-corrected chi connectivity index (χ0v) is 15.6. The molecule has 1 spiro atoms. The number of rotatable bonds is 3. The van der Waals surface area contributed by atoms with Crippen LogP contribution < -0.4 is 0 Å². The molecule has 1 aromatic heterocycles. The van der Waals surface area contributed by atoms with Crippen molar-refractivity contribution in [2.45, 2.75) is 32.1 Å². The minimum absolute atomic E-state index is 0.0718. The summed E-state index contributed by atoms with van der Waals surface area (Å²) in [6, 6.07) is 11.7. The Hall–Kier alpha value is -2.63. The van der Waals surface area contributed by atoms with Crippen molar-refractivity contribution in [2.24, 2.45) is 5.41 Å². The first-order chi connectivity index (χ1) is 13.1. The Morgan fingerprint density at radius 2 is 1.96 bits per heavy atom. The topological polar surface area (TPSA) is 66.7 Å². The number of amides is 2. The number of benzene rings is 1. The van der Waals surface area contributed by atoms with Crippen molar-refractivity contribution in [3.05, 3.63) is 53.9 Å². The van der Waals surface area contributed by atoms with E-state index in [1.165, 1.54) is 6.26 Å². The maximum atomic E-state index is 13.0. The summed E-state index contributed by atoms with van der Waals surface area (Å²) in [7, 11) is 0. The van der Waals surface area contributed by atoms with Gasteiger partial charge in [-0.25, -0.2) is 0 Å². The van der Waals surface area contributed by atoms with Gasteiger partial charge in [0, 0.05) is 32.2 Å². The predicted octanol–water partition coefficient (Wildman–Crippen LogP) is 2.93. The van der Waals surface area contributed by atoms with E-state index in [9.17, 15) is 9.59 Å². The van der Waals surface area contributed by atoms with Gasteiger partial charge in [-0.2, -0.15) is 0 Å². The van der Waals surface area contributed by atoms with Crippen LogP contribution in [0.15, 0.2) is 47.2 Å². The van der Waals surface area contributed by atoms with Crippen molar-refractivity contribution < 1.29 is 14.1 Å². The van der Waals surface area contributed by atoms with Crippen molar-refractivity contribution in [1.29, 1.82) is 0 Å². The van der Waals surface area contributed by atoms with E-state index in [1.54, 1.807) is 6.07 Å². The third-order valence-electron chi connectivity index (χ3n) is 6.13. The molecule has 6 heteroatoms. The fraction of sp³-hybridized carbons (Fsp3) is 0.476. The number of likely N-dealkylation sites (tertiary alicyclic amines) is 2. The first-order valence-electron chi connectivity index (χ1n) is 9.65. The van der Waals surface area contributed by atoms with Crippen LogP contribution in [0.3, 0.4) is 0 Å². The Bertz CT molecular complexity index is 795. The summed E-state index contributed by atoms with van der Waals surface area (Å²) in [5.41, 5.74) is 1.54. The highest BCUT2D eigenvalue weighted by molar-refractivity contribution is 5.92. The predicted molar refractivity (Wildman–Crippen MR) is 100 cm³/mol. The third kappa shape index (κ3) is 3.36. The van der Waals surface area contributed by atoms with Crippen LogP contribution in [0.4, 0.5) is 0 Å². The van der Waals surface area contributed by atoms with Gasteiger partial charge in [0.1, 0.15) is 6.26 Å². The molecule has 0 unspecified atom stereocenters. The zero-order chi connectivity index (χ0) is 18.9. The molecule has 6 nitrogen and oxygen atoms in total. The SMILES string of the molecule is CCN1CC2(CCN(C(=O)c3ccon3)CC2)C[C@H](c2ccccc2)C1=O. The minimum atomic E-state index is -0.0855. The molecule has 2 aromatic rings. The first-order valence-corrected chi connectivity index (χ1v) is 9.65. The molecule has 142 valence electrons. The Morgan fingerprint density at radius 1 is 1.22 bits per heavy atom. The molecule has 2 aliphatic heterocycles. The lowest BCUT2D eigenvalue weighted by Crippen LogP contribution is -2.54. The van der Waals surface area contributed by atoms with E-state index in [0.717, 1.165) is 37.9 Å². The Kier molecular flexibility index (Phi) is 4.72. The third-order valence-corrected chi connectivity index (χ3v) is 6.13. The smallest absolute Gasteiger partial charge is 0.276 e. The molecular weight excluding hydrogens is 342 g/mol. The van der Waals surface area contributed by atoms with Crippen LogP contribution in [0.5, 0.6) is 0 Å². The van der Waals surface area contributed by atoms with Gasteiger partial charge in [-0.15, -0.1) is 0 Å². The van der Waals surface area contributed by atoms with Crippen LogP contribution >= 0.6 is 0 Å². The number of aromatic nitrogens is 1. The maximum absolute atomic E-state index is 13.0. The molecule has 0 N–H and O–H groups in total. The van der Waals surface area contributed by atoms with Crippen molar-refractivity contribution in [3.63, 3.8) is 0 Å². The zero-order valence-electron chi connectivity index (χ0n) is 15.6. The summed E-state index contributed by atoms with van der Waals surface area (Å²) in [4.78, 5) is 29.3. The Labute approximate surface area is 159 Å². The summed E-state index contributed by atoms with van der Waals surface area (Å²) < 4.78 is 4.80. The van der Waals surface area contributed by atoms with Gasteiger partial charge < -0.3 is 14.3 Å². The molecule has 2 aliphatic rings. The molecule has 0 aliphatic carbocycles. The normalized spacial score (nSPS) is 22.3.